The molecule has 2 aromatic heterocycles. The van der Waals surface area contributed by atoms with Crippen LogP contribution in [-0.2, 0) is 11.3 Å². The molecular formula is C20H21N5OS. The second kappa shape index (κ2) is 8.64. The van der Waals surface area contributed by atoms with E-state index in [2.05, 4.69) is 27.1 Å². The molecule has 1 atom stereocenters. The van der Waals surface area contributed by atoms with Gasteiger partial charge in [0.2, 0.25) is 5.91 Å². The molecule has 0 saturated heterocycles. The third-order valence-electron chi connectivity index (χ3n) is 4.00. The Morgan fingerprint density at radius 2 is 2.11 bits per heavy atom. The van der Waals surface area contributed by atoms with Gasteiger partial charge < -0.3 is 5.32 Å². The Bertz CT molecular complexity index is 939. The zero-order valence-electron chi connectivity index (χ0n) is 15.3. The number of allylic oxidation sites excluding steroid dienone is 1. The van der Waals surface area contributed by atoms with Gasteiger partial charge in [-0.15, -0.1) is 16.8 Å². The van der Waals surface area contributed by atoms with Gasteiger partial charge in [0, 0.05) is 30.2 Å². The average Bonchev–Trinajstić information content (AvgIpc) is 3.07. The number of thioether (sulfide) groups is 1. The zero-order chi connectivity index (χ0) is 19.2. The van der Waals surface area contributed by atoms with Crippen molar-refractivity contribution in [2.45, 2.75) is 30.8 Å². The van der Waals surface area contributed by atoms with Crippen molar-refractivity contribution >= 4 is 23.4 Å². The van der Waals surface area contributed by atoms with Crippen LogP contribution in [0.3, 0.4) is 0 Å². The van der Waals surface area contributed by atoms with E-state index in [0.717, 1.165) is 16.8 Å². The van der Waals surface area contributed by atoms with E-state index in [1.54, 1.807) is 18.5 Å². The molecule has 6 nitrogen and oxygen atoms in total. The van der Waals surface area contributed by atoms with Crippen LogP contribution in [0.1, 0.15) is 12.5 Å². The highest BCUT2D eigenvalue weighted by molar-refractivity contribution is 8.00. The molecule has 0 saturated carbocycles. The number of rotatable bonds is 7. The first-order valence-electron chi connectivity index (χ1n) is 8.57. The van der Waals surface area contributed by atoms with Crippen molar-refractivity contribution in [1.82, 2.24) is 19.7 Å². The second-order valence-electron chi connectivity index (χ2n) is 6.01. The van der Waals surface area contributed by atoms with Crippen molar-refractivity contribution in [3.8, 4) is 11.4 Å². The largest absolute Gasteiger partial charge is 0.325 e. The van der Waals surface area contributed by atoms with Gasteiger partial charge in [-0.25, -0.2) is 0 Å². The van der Waals surface area contributed by atoms with Crippen LogP contribution in [-0.4, -0.2) is 30.9 Å². The van der Waals surface area contributed by atoms with Crippen molar-refractivity contribution in [3.05, 3.63) is 67.0 Å². The van der Waals surface area contributed by atoms with Crippen molar-refractivity contribution in [1.29, 1.82) is 0 Å². The Hall–Kier alpha value is -2.93. The Morgan fingerprint density at radius 1 is 1.30 bits per heavy atom. The fourth-order valence-corrected chi connectivity index (χ4v) is 3.40. The Morgan fingerprint density at radius 3 is 2.81 bits per heavy atom. The van der Waals surface area contributed by atoms with E-state index in [4.69, 9.17) is 0 Å². The second-order valence-corrected chi connectivity index (χ2v) is 7.32. The topological polar surface area (TPSA) is 72.7 Å². The molecule has 3 aromatic rings. The number of aryl methyl sites for hydroxylation is 1. The molecular weight excluding hydrogens is 358 g/mol. The van der Waals surface area contributed by atoms with E-state index >= 15 is 0 Å². The predicted octanol–water partition coefficient (Wildman–Crippen LogP) is 3.95. The lowest BCUT2D eigenvalue weighted by Gasteiger charge is -2.14. The quantitative estimate of drug-likeness (QED) is 0.497. The molecule has 0 aliphatic heterocycles. The number of amides is 1. The molecule has 0 bridgehead atoms. The number of nitrogens with one attached hydrogen (secondary N) is 1. The third-order valence-corrected chi connectivity index (χ3v) is 5.08. The number of aromatic nitrogens is 4. The van der Waals surface area contributed by atoms with Crippen LogP contribution >= 0.6 is 11.8 Å². The molecule has 0 spiro atoms. The summed E-state index contributed by atoms with van der Waals surface area (Å²) in [6.07, 6.45) is 5.24. The Labute approximate surface area is 162 Å². The molecule has 3 rings (SSSR count). The maximum absolute atomic E-state index is 12.6. The normalized spacial score (nSPS) is 11.8. The van der Waals surface area contributed by atoms with Crippen LogP contribution in [0.2, 0.25) is 0 Å². The van der Waals surface area contributed by atoms with Crippen molar-refractivity contribution in [2.24, 2.45) is 0 Å². The highest BCUT2D eigenvalue weighted by Gasteiger charge is 2.21. The van der Waals surface area contributed by atoms with Crippen LogP contribution in [0.15, 0.2) is 66.6 Å². The fraction of sp³-hybridized carbons (Fsp3) is 0.200. The van der Waals surface area contributed by atoms with E-state index in [0.29, 0.717) is 17.5 Å². The maximum atomic E-state index is 12.6. The van der Waals surface area contributed by atoms with Crippen molar-refractivity contribution in [2.75, 3.05) is 5.32 Å². The van der Waals surface area contributed by atoms with Crippen LogP contribution in [0.4, 0.5) is 5.69 Å². The van der Waals surface area contributed by atoms with Gasteiger partial charge >= 0.3 is 0 Å². The molecule has 1 amide bonds. The molecule has 0 aliphatic carbocycles. The number of benzene rings is 1. The van der Waals surface area contributed by atoms with Crippen LogP contribution in [0, 0.1) is 6.92 Å². The summed E-state index contributed by atoms with van der Waals surface area (Å²) in [5.41, 5.74) is 2.71. The van der Waals surface area contributed by atoms with Crippen LogP contribution < -0.4 is 5.32 Å². The minimum Gasteiger partial charge on any atom is -0.325 e. The van der Waals surface area contributed by atoms with Crippen LogP contribution in [0.25, 0.3) is 11.4 Å². The monoisotopic (exact) mass is 379 g/mol. The van der Waals surface area contributed by atoms with Gasteiger partial charge in [0.15, 0.2) is 11.0 Å². The van der Waals surface area contributed by atoms with Crippen molar-refractivity contribution < 1.29 is 4.79 Å². The van der Waals surface area contributed by atoms with E-state index in [1.807, 2.05) is 54.8 Å². The maximum Gasteiger partial charge on any atom is 0.237 e. The van der Waals surface area contributed by atoms with E-state index < -0.39 is 0 Å². The summed E-state index contributed by atoms with van der Waals surface area (Å²) < 4.78 is 1.94. The van der Waals surface area contributed by atoms with Crippen LogP contribution in [0.5, 0.6) is 0 Å². The SMILES string of the molecule is C=CCn1c(S[C@H](C)C(=O)Nc2ccccc2C)nnc1-c1cccnc1. The lowest BCUT2D eigenvalue weighted by atomic mass is 10.2. The lowest BCUT2D eigenvalue weighted by molar-refractivity contribution is -0.115. The molecule has 0 fully saturated rings. The predicted molar refractivity (Wildman–Crippen MR) is 109 cm³/mol. The molecule has 1 N–H and O–H groups in total. The minimum atomic E-state index is -0.334. The first-order valence-corrected chi connectivity index (χ1v) is 9.45. The highest BCUT2D eigenvalue weighted by Crippen LogP contribution is 2.27. The van der Waals surface area contributed by atoms with E-state index in [-0.39, 0.29) is 11.2 Å². The smallest absolute Gasteiger partial charge is 0.237 e. The van der Waals surface area contributed by atoms with Gasteiger partial charge in [-0.2, -0.15) is 0 Å². The summed E-state index contributed by atoms with van der Waals surface area (Å²) in [5, 5.41) is 11.9. The van der Waals surface area contributed by atoms with E-state index in [9.17, 15) is 4.79 Å². The Balaban J connectivity index is 1.78. The number of pyridine rings is 1. The first-order chi connectivity index (χ1) is 13.1. The molecule has 2 heterocycles. The highest BCUT2D eigenvalue weighted by atomic mass is 32.2. The first kappa shape index (κ1) is 18.8. The number of nitrogens with zero attached hydrogens (tertiary/aromatic N) is 4. The van der Waals surface area contributed by atoms with Gasteiger partial charge in [-0.05, 0) is 37.6 Å². The van der Waals surface area contributed by atoms with E-state index in [1.165, 1.54) is 11.8 Å². The molecule has 138 valence electrons. The molecule has 0 radical (unpaired) electrons. The number of hydrogen-bond donors (Lipinski definition) is 1. The minimum absolute atomic E-state index is 0.0784. The van der Waals surface area contributed by atoms with Crippen molar-refractivity contribution in [3.63, 3.8) is 0 Å². The summed E-state index contributed by atoms with van der Waals surface area (Å²) >= 11 is 1.37. The number of hydrogen-bond acceptors (Lipinski definition) is 5. The summed E-state index contributed by atoms with van der Waals surface area (Å²) in [5.74, 6) is 0.627. The number of carbonyl (C=O) groups is 1. The van der Waals surface area contributed by atoms with Gasteiger partial charge in [0.25, 0.3) is 0 Å². The molecule has 7 heteroatoms. The van der Waals surface area contributed by atoms with Gasteiger partial charge in [-0.1, -0.05) is 36.0 Å². The standard InChI is InChI=1S/C20H21N5OS/c1-4-12-25-18(16-9-7-11-21-13-16)23-24-20(25)27-15(3)19(26)22-17-10-6-5-8-14(17)2/h4-11,13,15H,1,12H2,2-3H3,(H,22,26)/t15-/m1/s1. The van der Waals surface area contributed by atoms with Gasteiger partial charge in [0.05, 0.1) is 5.25 Å². The summed E-state index contributed by atoms with van der Waals surface area (Å²) in [7, 11) is 0. The molecule has 0 aliphatic rings. The summed E-state index contributed by atoms with van der Waals surface area (Å²) in [6, 6.07) is 11.5. The van der Waals surface area contributed by atoms with Gasteiger partial charge in [-0.3, -0.25) is 14.3 Å². The molecule has 0 unspecified atom stereocenters. The van der Waals surface area contributed by atoms with Gasteiger partial charge in [0.1, 0.15) is 0 Å². The average molecular weight is 379 g/mol. The lowest BCUT2D eigenvalue weighted by Crippen LogP contribution is -2.23. The Kier molecular flexibility index (Phi) is 6.03. The number of carbonyl (C=O) groups excluding carboxylic acids is 1. The summed E-state index contributed by atoms with van der Waals surface area (Å²) in [4.78, 5) is 16.7. The molecule has 1 aromatic carbocycles. The molecule has 27 heavy (non-hydrogen) atoms. The third kappa shape index (κ3) is 4.43. The zero-order valence-corrected chi connectivity index (χ0v) is 16.1. The fourth-order valence-electron chi connectivity index (χ4n) is 2.54. The number of para-hydroxylation sites is 1. The summed E-state index contributed by atoms with van der Waals surface area (Å²) in [6.45, 7) is 8.18. The number of anilines is 1.